The fourth-order valence-electron chi connectivity index (χ4n) is 5.89. The van der Waals surface area contributed by atoms with Crippen molar-refractivity contribution < 1.29 is 35.9 Å². The summed E-state index contributed by atoms with van der Waals surface area (Å²) in [6.45, 7) is 2.38. The van der Waals surface area contributed by atoms with Crippen molar-refractivity contribution in [2.75, 3.05) is 12.4 Å². The van der Waals surface area contributed by atoms with E-state index in [1.807, 2.05) is 6.92 Å². The van der Waals surface area contributed by atoms with Crippen LogP contribution in [0.4, 0.5) is 4.39 Å². The first-order valence-corrected chi connectivity index (χ1v) is 19.2. The van der Waals surface area contributed by atoms with Gasteiger partial charge in [0.25, 0.3) is 10.0 Å². The molecule has 6 rings (SSSR count). The van der Waals surface area contributed by atoms with Crippen LogP contribution in [0.25, 0.3) is 44.4 Å². The quantitative estimate of drug-likeness (QED) is 0.147. The lowest BCUT2D eigenvalue weighted by molar-refractivity contribution is -0.139. The minimum Gasteiger partial charge on any atom is -0.465 e. The summed E-state index contributed by atoms with van der Waals surface area (Å²) in [4.78, 5) is 12.0. The number of thiophene rings is 1. The van der Waals surface area contributed by atoms with Gasteiger partial charge in [-0.25, -0.2) is 25.2 Å². The van der Waals surface area contributed by atoms with Crippen LogP contribution in [0.3, 0.4) is 0 Å². The molecule has 9 nitrogen and oxygen atoms in total. The molecule has 0 unspecified atom stereocenters. The number of esters is 1. The first-order chi connectivity index (χ1) is 23.9. The number of sulfone groups is 1. The van der Waals surface area contributed by atoms with E-state index in [1.54, 1.807) is 72.1 Å². The summed E-state index contributed by atoms with van der Waals surface area (Å²) in [6.07, 6.45) is 0. The predicted molar refractivity (Wildman–Crippen MR) is 189 cm³/mol. The largest absolute Gasteiger partial charge is 0.465 e. The Kier molecular flexibility index (Phi) is 9.48. The second kappa shape index (κ2) is 13.6. The minimum absolute atomic E-state index is 0.0387. The van der Waals surface area contributed by atoms with E-state index in [-0.39, 0.29) is 22.8 Å². The highest BCUT2D eigenvalue weighted by Gasteiger charge is 2.31. The number of aryl methyl sites for hydroxylation is 1. The van der Waals surface area contributed by atoms with Gasteiger partial charge in [-0.2, -0.15) is 5.26 Å². The van der Waals surface area contributed by atoms with Gasteiger partial charge in [0.1, 0.15) is 16.8 Å². The van der Waals surface area contributed by atoms with E-state index in [2.05, 4.69) is 6.07 Å². The lowest BCUT2D eigenvalue weighted by atomic mass is 9.96. The third-order valence-electron chi connectivity index (χ3n) is 8.16. The van der Waals surface area contributed by atoms with E-state index >= 15 is 4.39 Å². The van der Waals surface area contributed by atoms with Crippen molar-refractivity contribution >= 4 is 48.1 Å². The molecule has 0 saturated heterocycles. The molecule has 0 fully saturated rings. The van der Waals surface area contributed by atoms with Crippen LogP contribution in [-0.4, -0.2) is 44.2 Å². The fourth-order valence-corrected chi connectivity index (χ4v) is 9.52. The standard InChI is InChI=1S/C37H29FN2O7S3/c1-3-47-35(42)22-49(43,44)34-19-26(18-31(38)30(34)21-41)24-7-6-8-25(17-24)37-36(29-15-16-48-33(29)20-39)28-9-4-5-10-32(28)40(37)50(45,46)27-13-11-23(2)12-14-27/h4-19,41H,3,21-22H2,1-2H3. The number of hydrogen-bond donors (Lipinski definition) is 1. The van der Waals surface area contributed by atoms with Gasteiger partial charge in [-0.15, -0.1) is 11.3 Å². The van der Waals surface area contributed by atoms with Gasteiger partial charge in [-0.05, 0) is 72.8 Å². The Morgan fingerprint density at radius 3 is 2.36 bits per heavy atom. The number of carbonyl (C=O) groups excluding carboxylic acids is 1. The van der Waals surface area contributed by atoms with E-state index in [0.29, 0.717) is 38.0 Å². The second-order valence-corrected chi connectivity index (χ2v) is 16.0. The summed E-state index contributed by atoms with van der Waals surface area (Å²) in [5, 5.41) is 22.2. The van der Waals surface area contributed by atoms with Crippen molar-refractivity contribution in [2.45, 2.75) is 30.2 Å². The van der Waals surface area contributed by atoms with Crippen molar-refractivity contribution in [1.82, 2.24) is 3.97 Å². The molecule has 0 aliphatic carbocycles. The van der Waals surface area contributed by atoms with E-state index in [1.165, 1.54) is 40.4 Å². The molecule has 2 aromatic heterocycles. The second-order valence-electron chi connectivity index (χ2n) is 11.3. The number of halogens is 1. The number of rotatable bonds is 10. The van der Waals surface area contributed by atoms with E-state index < -0.39 is 54.5 Å². The van der Waals surface area contributed by atoms with Crippen LogP contribution in [0.1, 0.15) is 22.9 Å². The third kappa shape index (κ3) is 6.23. The summed E-state index contributed by atoms with van der Waals surface area (Å²) in [7, 11) is -8.71. The highest BCUT2D eigenvalue weighted by molar-refractivity contribution is 7.92. The smallest absolute Gasteiger partial charge is 0.321 e. The maximum Gasteiger partial charge on any atom is 0.321 e. The average Bonchev–Trinajstić information content (AvgIpc) is 3.70. The van der Waals surface area contributed by atoms with Gasteiger partial charge in [0.05, 0.1) is 34.2 Å². The molecule has 0 atom stereocenters. The first kappa shape index (κ1) is 34.7. The lowest BCUT2D eigenvalue weighted by Crippen LogP contribution is -2.20. The molecule has 6 aromatic rings. The average molecular weight is 729 g/mol. The zero-order chi connectivity index (χ0) is 35.8. The number of ether oxygens (including phenoxy) is 1. The minimum atomic E-state index is -4.45. The Morgan fingerprint density at radius 2 is 1.66 bits per heavy atom. The third-order valence-corrected chi connectivity index (χ3v) is 12.4. The topological polar surface area (TPSA) is 144 Å². The Balaban J connectivity index is 1.64. The molecule has 2 heterocycles. The highest BCUT2D eigenvalue weighted by Crippen LogP contribution is 2.45. The molecule has 0 bridgehead atoms. The van der Waals surface area contributed by atoms with Crippen LogP contribution in [0, 0.1) is 24.1 Å². The van der Waals surface area contributed by atoms with Gasteiger partial charge in [0.15, 0.2) is 15.6 Å². The van der Waals surface area contributed by atoms with Gasteiger partial charge in [0, 0.05) is 27.6 Å². The Hall–Kier alpha value is -5.13. The first-order valence-electron chi connectivity index (χ1n) is 15.3. The van der Waals surface area contributed by atoms with Crippen LogP contribution in [0.15, 0.2) is 106 Å². The molecule has 1 N–H and O–H groups in total. The summed E-state index contributed by atoms with van der Waals surface area (Å²) in [5.74, 6) is -3.09. The van der Waals surface area contributed by atoms with Crippen LogP contribution in [0.5, 0.6) is 0 Å². The molecule has 0 spiro atoms. The molecule has 0 saturated carbocycles. The van der Waals surface area contributed by atoms with Gasteiger partial charge in [-0.3, -0.25) is 4.79 Å². The molecule has 0 radical (unpaired) electrons. The fraction of sp³-hybridized carbons (Fsp3) is 0.135. The molecule has 254 valence electrons. The normalized spacial score (nSPS) is 11.8. The molecule has 50 heavy (non-hydrogen) atoms. The lowest BCUT2D eigenvalue weighted by Gasteiger charge is -2.16. The SMILES string of the molecule is CCOC(=O)CS(=O)(=O)c1cc(-c2cccc(-c3c(-c4ccsc4C#N)c4ccccc4n3S(=O)(=O)c3ccc(C)cc3)c2)cc(F)c1CO. The monoisotopic (exact) mass is 728 g/mol. The van der Waals surface area contributed by atoms with Crippen molar-refractivity contribution in [3.8, 4) is 39.6 Å². The molecular weight excluding hydrogens is 700 g/mol. The van der Waals surface area contributed by atoms with Gasteiger partial charge >= 0.3 is 5.97 Å². The Labute approximate surface area is 292 Å². The van der Waals surface area contributed by atoms with E-state index in [0.717, 1.165) is 11.6 Å². The molecule has 4 aromatic carbocycles. The van der Waals surface area contributed by atoms with Crippen molar-refractivity contribution in [2.24, 2.45) is 0 Å². The maximum absolute atomic E-state index is 15.5. The number of aliphatic hydroxyl groups excluding tert-OH is 1. The summed E-state index contributed by atoms with van der Waals surface area (Å²) >= 11 is 1.22. The van der Waals surface area contributed by atoms with Crippen molar-refractivity contribution in [3.63, 3.8) is 0 Å². The van der Waals surface area contributed by atoms with Crippen LogP contribution < -0.4 is 0 Å². The molecule has 0 aliphatic heterocycles. The number of fused-ring (bicyclic) bond motifs is 1. The Morgan fingerprint density at radius 1 is 0.940 bits per heavy atom. The number of para-hydroxylation sites is 1. The summed E-state index contributed by atoms with van der Waals surface area (Å²) in [6, 6.07) is 26.1. The number of benzene rings is 4. The van der Waals surface area contributed by atoms with Gasteiger partial charge < -0.3 is 9.84 Å². The van der Waals surface area contributed by atoms with E-state index in [9.17, 15) is 32.0 Å². The highest BCUT2D eigenvalue weighted by atomic mass is 32.2. The van der Waals surface area contributed by atoms with Crippen LogP contribution >= 0.6 is 11.3 Å². The number of aliphatic hydroxyl groups is 1. The number of nitrogens with zero attached hydrogens (tertiary/aromatic N) is 2. The molecule has 0 aliphatic rings. The molecular formula is C37H29FN2O7S3. The zero-order valence-corrected chi connectivity index (χ0v) is 29.2. The predicted octanol–water partition coefficient (Wildman–Crippen LogP) is 7.09. The number of aromatic nitrogens is 1. The molecule has 13 heteroatoms. The maximum atomic E-state index is 15.5. The van der Waals surface area contributed by atoms with Crippen LogP contribution in [0.2, 0.25) is 0 Å². The number of hydrogen-bond acceptors (Lipinski definition) is 9. The molecule has 0 amide bonds. The van der Waals surface area contributed by atoms with Gasteiger partial charge in [-0.1, -0.05) is 54.1 Å². The number of carbonyl (C=O) groups is 1. The number of nitriles is 1. The van der Waals surface area contributed by atoms with E-state index in [4.69, 9.17) is 4.74 Å². The Bertz CT molecular complexity index is 2550. The summed E-state index contributed by atoms with van der Waals surface area (Å²) in [5.41, 5.74) is 2.79. The van der Waals surface area contributed by atoms with Crippen molar-refractivity contribution in [1.29, 1.82) is 5.26 Å². The summed E-state index contributed by atoms with van der Waals surface area (Å²) < 4.78 is 77.3. The van der Waals surface area contributed by atoms with Gasteiger partial charge in [0.2, 0.25) is 0 Å². The van der Waals surface area contributed by atoms with Crippen molar-refractivity contribution in [3.05, 3.63) is 118 Å². The zero-order valence-electron chi connectivity index (χ0n) is 26.8. The van der Waals surface area contributed by atoms with Crippen LogP contribution in [-0.2, 0) is 36.0 Å².